The van der Waals surface area contributed by atoms with E-state index in [2.05, 4.69) is 13.8 Å². The lowest BCUT2D eigenvalue weighted by atomic mass is 10.2. The minimum Gasteiger partial charge on any atom is -0.420 e. The Hall–Kier alpha value is -0.0331. The number of hydrogen-bond acceptors (Lipinski definition) is 1. The van der Waals surface area contributed by atoms with Crippen LogP contribution in [0.5, 0.6) is 0 Å². The van der Waals surface area contributed by atoms with E-state index < -0.39 is 20.9 Å². The van der Waals surface area contributed by atoms with E-state index in [1.54, 1.807) is 7.11 Å². The molecule has 0 bridgehead atoms. The zero-order chi connectivity index (χ0) is 11.9. The minimum absolute atomic E-state index is 0.238. The highest BCUT2D eigenvalue weighted by Gasteiger charge is 2.30. The van der Waals surface area contributed by atoms with Crippen LogP contribution in [-0.4, -0.2) is 21.6 Å². The van der Waals surface area contributed by atoms with Gasteiger partial charge in [-0.3, -0.25) is 0 Å². The molecule has 0 unspecified atom stereocenters. The molecule has 0 atom stereocenters. The van der Waals surface area contributed by atoms with Gasteiger partial charge in [-0.15, -0.1) is 0 Å². The quantitative estimate of drug-likeness (QED) is 0.476. The second kappa shape index (κ2) is 6.53. The van der Waals surface area contributed by atoms with E-state index in [1.165, 1.54) is 0 Å². The Morgan fingerprint density at radius 2 is 1.60 bits per heavy atom. The van der Waals surface area contributed by atoms with Crippen LogP contribution in [0.25, 0.3) is 0 Å². The molecule has 0 aromatic carbocycles. The van der Waals surface area contributed by atoms with Crippen LogP contribution < -0.4 is 0 Å². The van der Waals surface area contributed by atoms with Gasteiger partial charge in [0.15, 0.2) is 8.32 Å². The summed E-state index contributed by atoms with van der Waals surface area (Å²) in [5.41, 5.74) is 0. The molecule has 0 saturated carbocycles. The van der Waals surface area contributed by atoms with Crippen molar-refractivity contribution in [1.29, 1.82) is 0 Å². The summed E-state index contributed by atoms with van der Waals surface area (Å²) < 4.78 is 41.2. The first-order valence-electron chi connectivity index (χ1n) is 5.51. The summed E-state index contributed by atoms with van der Waals surface area (Å²) in [6.07, 6.45) is -3.78. The summed E-state index contributed by atoms with van der Waals surface area (Å²) in [7, 11) is 0.0163. The van der Waals surface area contributed by atoms with Crippen molar-refractivity contribution in [3.63, 3.8) is 0 Å². The molecule has 0 aliphatic carbocycles. The maximum atomic E-state index is 11.9. The first-order chi connectivity index (χ1) is 6.89. The molecule has 92 valence electrons. The van der Waals surface area contributed by atoms with Crippen molar-refractivity contribution in [2.75, 3.05) is 7.11 Å². The Bertz CT molecular complexity index is 158. The number of halogens is 3. The summed E-state index contributed by atoms with van der Waals surface area (Å²) in [6, 6.07) is 2.84. The van der Waals surface area contributed by atoms with Gasteiger partial charge in [0.05, 0.1) is 0 Å². The molecular formula is C10H21F3OSi. The Labute approximate surface area is 91.1 Å². The SMILES string of the molecule is CC[Si](CC)(CCCCC(F)(F)F)OC. The maximum absolute atomic E-state index is 11.9. The molecule has 0 aliphatic rings. The summed E-state index contributed by atoms with van der Waals surface area (Å²) >= 11 is 0. The van der Waals surface area contributed by atoms with Gasteiger partial charge in [0.1, 0.15) is 0 Å². The van der Waals surface area contributed by atoms with E-state index in [9.17, 15) is 13.2 Å². The number of rotatable bonds is 7. The lowest BCUT2D eigenvalue weighted by Crippen LogP contribution is -2.35. The molecular weight excluding hydrogens is 221 g/mol. The zero-order valence-corrected chi connectivity index (χ0v) is 10.8. The molecule has 0 amide bonds. The maximum Gasteiger partial charge on any atom is 0.389 e. The van der Waals surface area contributed by atoms with Crippen LogP contribution in [0.15, 0.2) is 0 Å². The third-order valence-corrected chi connectivity index (χ3v) is 7.77. The van der Waals surface area contributed by atoms with E-state index in [0.29, 0.717) is 6.42 Å². The van der Waals surface area contributed by atoms with Gasteiger partial charge in [-0.05, 0) is 24.6 Å². The van der Waals surface area contributed by atoms with Gasteiger partial charge in [-0.1, -0.05) is 20.3 Å². The Morgan fingerprint density at radius 1 is 1.07 bits per heavy atom. The second-order valence-corrected chi connectivity index (χ2v) is 8.61. The van der Waals surface area contributed by atoms with Gasteiger partial charge >= 0.3 is 6.18 Å². The Balaban J connectivity index is 3.82. The standard InChI is InChI=1S/C10H21F3OSi/c1-4-15(5-2,14-3)9-7-6-8-10(11,12)13/h4-9H2,1-3H3. The second-order valence-electron chi connectivity index (χ2n) is 3.92. The van der Waals surface area contributed by atoms with Crippen LogP contribution in [0.3, 0.4) is 0 Å². The largest absolute Gasteiger partial charge is 0.420 e. The highest BCUT2D eigenvalue weighted by molar-refractivity contribution is 6.73. The molecule has 15 heavy (non-hydrogen) atoms. The first kappa shape index (κ1) is 15.0. The molecule has 0 aromatic heterocycles. The highest BCUT2D eigenvalue weighted by atomic mass is 28.4. The van der Waals surface area contributed by atoms with E-state index in [-0.39, 0.29) is 6.42 Å². The van der Waals surface area contributed by atoms with Gasteiger partial charge in [-0.25, -0.2) is 0 Å². The highest BCUT2D eigenvalue weighted by Crippen LogP contribution is 2.27. The number of alkyl halides is 3. The van der Waals surface area contributed by atoms with Gasteiger partial charge in [-0.2, -0.15) is 13.2 Å². The van der Waals surface area contributed by atoms with Crippen molar-refractivity contribution in [2.45, 2.75) is 57.4 Å². The van der Waals surface area contributed by atoms with E-state index in [4.69, 9.17) is 4.43 Å². The van der Waals surface area contributed by atoms with E-state index in [0.717, 1.165) is 18.1 Å². The van der Waals surface area contributed by atoms with Crippen molar-refractivity contribution >= 4 is 8.32 Å². The van der Waals surface area contributed by atoms with Crippen LogP contribution in [0.2, 0.25) is 18.1 Å². The fraction of sp³-hybridized carbons (Fsp3) is 1.00. The van der Waals surface area contributed by atoms with Crippen molar-refractivity contribution in [2.24, 2.45) is 0 Å². The smallest absolute Gasteiger partial charge is 0.389 e. The van der Waals surface area contributed by atoms with Crippen LogP contribution >= 0.6 is 0 Å². The van der Waals surface area contributed by atoms with Gasteiger partial charge < -0.3 is 4.43 Å². The average Bonchev–Trinajstić information content (AvgIpc) is 2.18. The van der Waals surface area contributed by atoms with Crippen LogP contribution in [0.1, 0.15) is 33.1 Å². The first-order valence-corrected chi connectivity index (χ1v) is 8.04. The van der Waals surface area contributed by atoms with Crippen LogP contribution in [0.4, 0.5) is 13.2 Å². The summed E-state index contributed by atoms with van der Waals surface area (Å²) in [6.45, 7) is 4.14. The Morgan fingerprint density at radius 3 is 1.93 bits per heavy atom. The van der Waals surface area contributed by atoms with Crippen molar-refractivity contribution in [3.8, 4) is 0 Å². The predicted octanol–water partition coefficient (Wildman–Crippen LogP) is 4.35. The predicted molar refractivity (Wildman–Crippen MR) is 58.4 cm³/mol. The zero-order valence-electron chi connectivity index (χ0n) is 9.78. The normalized spacial score (nSPS) is 13.2. The lowest BCUT2D eigenvalue weighted by Gasteiger charge is -2.27. The number of unbranched alkanes of at least 4 members (excludes halogenated alkanes) is 1. The average molecular weight is 242 g/mol. The summed E-state index contributed by atoms with van der Waals surface area (Å²) in [5.74, 6) is 0. The van der Waals surface area contributed by atoms with E-state index >= 15 is 0 Å². The van der Waals surface area contributed by atoms with Crippen LogP contribution in [-0.2, 0) is 4.43 Å². The number of hydrogen-bond donors (Lipinski definition) is 0. The van der Waals surface area contributed by atoms with Gasteiger partial charge in [0, 0.05) is 13.5 Å². The summed E-state index contributed by atoms with van der Waals surface area (Å²) in [4.78, 5) is 0. The molecule has 0 saturated heterocycles. The minimum atomic E-state index is -4.00. The molecule has 1 nitrogen and oxygen atoms in total. The molecule has 0 heterocycles. The van der Waals surface area contributed by atoms with Crippen molar-refractivity contribution in [3.05, 3.63) is 0 Å². The van der Waals surface area contributed by atoms with Crippen LogP contribution in [0, 0.1) is 0 Å². The van der Waals surface area contributed by atoms with E-state index in [1.807, 2.05) is 0 Å². The van der Waals surface area contributed by atoms with Crippen molar-refractivity contribution in [1.82, 2.24) is 0 Å². The van der Waals surface area contributed by atoms with Gasteiger partial charge in [0.2, 0.25) is 0 Å². The molecule has 0 radical (unpaired) electrons. The summed E-state index contributed by atoms with van der Waals surface area (Å²) in [5, 5.41) is 0. The molecule has 0 N–H and O–H groups in total. The molecule has 0 rings (SSSR count). The monoisotopic (exact) mass is 242 g/mol. The Kier molecular flexibility index (Phi) is 6.51. The third kappa shape index (κ3) is 6.20. The third-order valence-electron chi connectivity index (χ3n) is 3.06. The lowest BCUT2D eigenvalue weighted by molar-refractivity contribution is -0.135. The fourth-order valence-electron chi connectivity index (χ4n) is 1.77. The topological polar surface area (TPSA) is 9.23 Å². The van der Waals surface area contributed by atoms with Gasteiger partial charge in [0.25, 0.3) is 0 Å². The molecule has 0 fully saturated rings. The molecule has 0 spiro atoms. The fourth-order valence-corrected chi connectivity index (χ4v) is 4.65. The van der Waals surface area contributed by atoms with Crippen molar-refractivity contribution < 1.29 is 17.6 Å². The molecule has 0 aliphatic heterocycles. The molecule has 0 aromatic rings. The molecule has 5 heteroatoms.